The molecule has 0 radical (unpaired) electrons. The van der Waals surface area contributed by atoms with Gasteiger partial charge in [0, 0.05) is 33.3 Å². The van der Waals surface area contributed by atoms with E-state index in [1.54, 1.807) is 13.1 Å². The number of guanidine groups is 1. The van der Waals surface area contributed by atoms with Crippen LogP contribution in [-0.4, -0.2) is 38.7 Å². The zero-order chi connectivity index (χ0) is 18.8. The largest absolute Gasteiger partial charge is 0.489 e. The number of nitrogens with one attached hydrogen (secondary N) is 2. The summed E-state index contributed by atoms with van der Waals surface area (Å²) in [6.07, 6.45) is 1.74. The molecule has 0 fully saturated rings. The molecule has 6 nitrogen and oxygen atoms in total. The van der Waals surface area contributed by atoms with Gasteiger partial charge >= 0.3 is 0 Å². The Labute approximate surface area is 178 Å². The monoisotopic (exact) mass is 481 g/mol. The SMILES string of the molecule is C=CCOc1ccccc1CNC(=NC)NCc1cccc(N(C)C)n1.I. The third-order valence-corrected chi connectivity index (χ3v) is 3.69. The molecule has 0 amide bonds. The number of nitrogens with zero attached hydrogens (tertiary/aromatic N) is 3. The highest BCUT2D eigenvalue weighted by Crippen LogP contribution is 2.17. The lowest BCUT2D eigenvalue weighted by atomic mass is 10.2. The summed E-state index contributed by atoms with van der Waals surface area (Å²) in [6.45, 7) is 5.37. The number of para-hydroxylation sites is 1. The number of aliphatic imine (C=N–C) groups is 1. The van der Waals surface area contributed by atoms with Gasteiger partial charge in [0.2, 0.25) is 0 Å². The third kappa shape index (κ3) is 7.46. The summed E-state index contributed by atoms with van der Waals surface area (Å²) in [4.78, 5) is 10.8. The smallest absolute Gasteiger partial charge is 0.191 e. The van der Waals surface area contributed by atoms with Crippen LogP contribution in [0.4, 0.5) is 5.82 Å². The molecular weight excluding hydrogens is 453 g/mol. The maximum Gasteiger partial charge on any atom is 0.191 e. The number of ether oxygens (including phenoxy) is 1. The Morgan fingerprint density at radius 3 is 2.59 bits per heavy atom. The minimum atomic E-state index is 0. The molecule has 0 saturated carbocycles. The Bertz CT molecular complexity index is 749. The van der Waals surface area contributed by atoms with Crippen LogP contribution in [0.2, 0.25) is 0 Å². The number of hydrogen-bond acceptors (Lipinski definition) is 4. The van der Waals surface area contributed by atoms with E-state index in [1.165, 1.54) is 0 Å². The first-order chi connectivity index (χ1) is 12.6. The third-order valence-electron chi connectivity index (χ3n) is 3.69. The molecule has 27 heavy (non-hydrogen) atoms. The van der Waals surface area contributed by atoms with E-state index in [9.17, 15) is 0 Å². The van der Waals surface area contributed by atoms with Crippen molar-refractivity contribution in [3.05, 3.63) is 66.4 Å². The lowest BCUT2D eigenvalue weighted by molar-refractivity contribution is 0.358. The molecule has 0 atom stereocenters. The summed E-state index contributed by atoms with van der Waals surface area (Å²) in [7, 11) is 5.71. The van der Waals surface area contributed by atoms with Gasteiger partial charge in [-0.05, 0) is 18.2 Å². The Morgan fingerprint density at radius 1 is 1.15 bits per heavy atom. The van der Waals surface area contributed by atoms with E-state index >= 15 is 0 Å². The van der Waals surface area contributed by atoms with E-state index in [4.69, 9.17) is 4.74 Å². The summed E-state index contributed by atoms with van der Waals surface area (Å²) in [5.74, 6) is 2.48. The molecule has 0 aliphatic rings. The van der Waals surface area contributed by atoms with Gasteiger partial charge in [0.15, 0.2) is 5.96 Å². The second-order valence-electron chi connectivity index (χ2n) is 5.87. The number of pyridine rings is 1. The van der Waals surface area contributed by atoms with Crippen LogP contribution in [0.25, 0.3) is 0 Å². The van der Waals surface area contributed by atoms with Crippen molar-refractivity contribution in [2.24, 2.45) is 4.99 Å². The van der Waals surface area contributed by atoms with Gasteiger partial charge in [-0.15, -0.1) is 24.0 Å². The van der Waals surface area contributed by atoms with Crippen molar-refractivity contribution in [3.8, 4) is 5.75 Å². The van der Waals surface area contributed by atoms with Crippen molar-refractivity contribution in [2.75, 3.05) is 32.6 Å². The molecule has 0 aliphatic carbocycles. The minimum Gasteiger partial charge on any atom is -0.489 e. The Morgan fingerprint density at radius 2 is 1.89 bits per heavy atom. The molecule has 0 saturated heterocycles. The fourth-order valence-electron chi connectivity index (χ4n) is 2.33. The summed E-state index contributed by atoms with van der Waals surface area (Å²) in [5, 5.41) is 6.59. The Balaban J connectivity index is 0.00000364. The minimum absolute atomic E-state index is 0. The van der Waals surface area contributed by atoms with Gasteiger partial charge in [0.25, 0.3) is 0 Å². The topological polar surface area (TPSA) is 61.8 Å². The fraction of sp³-hybridized carbons (Fsp3) is 0.300. The van der Waals surface area contributed by atoms with Crippen molar-refractivity contribution in [2.45, 2.75) is 13.1 Å². The highest BCUT2D eigenvalue weighted by atomic mass is 127. The van der Waals surface area contributed by atoms with E-state index < -0.39 is 0 Å². The number of anilines is 1. The quantitative estimate of drug-likeness (QED) is 0.263. The summed E-state index contributed by atoms with van der Waals surface area (Å²) >= 11 is 0. The van der Waals surface area contributed by atoms with Crippen LogP contribution in [0, 0.1) is 0 Å². The lowest BCUT2D eigenvalue weighted by Crippen LogP contribution is -2.36. The van der Waals surface area contributed by atoms with Gasteiger partial charge in [-0.3, -0.25) is 4.99 Å². The maximum absolute atomic E-state index is 5.68. The molecule has 146 valence electrons. The number of aromatic nitrogens is 1. The molecular formula is C20H28IN5O. The van der Waals surface area contributed by atoms with Crippen LogP contribution in [0.5, 0.6) is 5.75 Å². The number of benzene rings is 1. The Kier molecular flexibility index (Phi) is 10.2. The normalized spacial score (nSPS) is 10.6. The van der Waals surface area contributed by atoms with E-state index in [0.29, 0.717) is 25.7 Å². The van der Waals surface area contributed by atoms with Gasteiger partial charge in [0.05, 0.1) is 12.2 Å². The van der Waals surface area contributed by atoms with Gasteiger partial charge < -0.3 is 20.3 Å². The number of rotatable bonds is 8. The molecule has 0 unspecified atom stereocenters. The van der Waals surface area contributed by atoms with Crippen LogP contribution in [0.15, 0.2) is 60.1 Å². The molecule has 2 rings (SSSR count). The van der Waals surface area contributed by atoms with Crippen LogP contribution in [-0.2, 0) is 13.1 Å². The van der Waals surface area contributed by atoms with E-state index in [0.717, 1.165) is 22.8 Å². The van der Waals surface area contributed by atoms with Crippen molar-refractivity contribution in [1.82, 2.24) is 15.6 Å². The van der Waals surface area contributed by atoms with Crippen LogP contribution in [0.3, 0.4) is 0 Å². The predicted molar refractivity (Wildman–Crippen MR) is 123 cm³/mol. The maximum atomic E-state index is 5.68. The first-order valence-electron chi connectivity index (χ1n) is 8.53. The molecule has 0 spiro atoms. The standard InChI is InChI=1S/C20H27N5O.HI/c1-5-13-26-18-11-7-6-9-16(18)14-22-20(21-2)23-15-17-10-8-12-19(24-17)25(3)4;/h5-12H,1,13-15H2,2-4H3,(H2,21,22,23);1H. The van der Waals surface area contributed by atoms with Crippen molar-refractivity contribution >= 4 is 35.8 Å². The average Bonchev–Trinajstić information content (AvgIpc) is 2.67. The first kappa shape index (κ1) is 22.8. The van der Waals surface area contributed by atoms with E-state index in [2.05, 4.69) is 27.2 Å². The second-order valence-corrected chi connectivity index (χ2v) is 5.87. The average molecular weight is 481 g/mol. The van der Waals surface area contributed by atoms with Crippen molar-refractivity contribution in [3.63, 3.8) is 0 Å². The van der Waals surface area contributed by atoms with Gasteiger partial charge in [-0.25, -0.2) is 4.98 Å². The fourth-order valence-corrected chi connectivity index (χ4v) is 2.33. The summed E-state index contributed by atoms with van der Waals surface area (Å²) in [5.41, 5.74) is 2.01. The molecule has 1 aromatic carbocycles. The molecule has 2 N–H and O–H groups in total. The van der Waals surface area contributed by atoms with Crippen molar-refractivity contribution < 1.29 is 4.74 Å². The van der Waals surface area contributed by atoms with E-state index in [1.807, 2.05) is 61.5 Å². The lowest BCUT2D eigenvalue weighted by Gasteiger charge is -2.15. The first-order valence-corrected chi connectivity index (χ1v) is 8.53. The van der Waals surface area contributed by atoms with Gasteiger partial charge in [-0.1, -0.05) is 36.9 Å². The molecule has 2 aromatic rings. The molecule has 7 heteroatoms. The predicted octanol–water partition coefficient (Wildman–Crippen LogP) is 3.20. The molecule has 0 bridgehead atoms. The summed E-state index contributed by atoms with van der Waals surface area (Å²) in [6, 6.07) is 13.9. The van der Waals surface area contributed by atoms with E-state index in [-0.39, 0.29) is 24.0 Å². The number of halogens is 1. The number of hydrogen-bond donors (Lipinski definition) is 2. The molecule has 1 aromatic heterocycles. The zero-order valence-electron chi connectivity index (χ0n) is 16.1. The van der Waals surface area contributed by atoms with Crippen LogP contribution >= 0.6 is 24.0 Å². The second kappa shape index (κ2) is 12.2. The molecule has 1 heterocycles. The summed E-state index contributed by atoms with van der Waals surface area (Å²) < 4.78 is 5.68. The Hall–Kier alpha value is -2.29. The highest BCUT2D eigenvalue weighted by Gasteiger charge is 2.05. The highest BCUT2D eigenvalue weighted by molar-refractivity contribution is 14.0. The van der Waals surface area contributed by atoms with Crippen LogP contribution in [0.1, 0.15) is 11.3 Å². The zero-order valence-corrected chi connectivity index (χ0v) is 18.4. The van der Waals surface area contributed by atoms with Gasteiger partial charge in [-0.2, -0.15) is 0 Å². The molecule has 0 aliphatic heterocycles. The van der Waals surface area contributed by atoms with Crippen molar-refractivity contribution in [1.29, 1.82) is 0 Å². The van der Waals surface area contributed by atoms with Crippen LogP contribution < -0.4 is 20.3 Å². The van der Waals surface area contributed by atoms with Gasteiger partial charge in [0.1, 0.15) is 18.2 Å².